The van der Waals surface area contributed by atoms with Crippen molar-refractivity contribution in [2.45, 2.75) is 20.3 Å². The number of halogens is 1. The van der Waals surface area contributed by atoms with Crippen LogP contribution in [0.15, 0.2) is 71.8 Å². The highest BCUT2D eigenvalue weighted by Crippen LogP contribution is 2.22. The van der Waals surface area contributed by atoms with Gasteiger partial charge in [0.15, 0.2) is 6.61 Å². The predicted octanol–water partition coefficient (Wildman–Crippen LogP) is 4.41. The molecule has 3 amide bonds. The molecule has 3 aromatic rings. The smallest absolute Gasteiger partial charge is 0.329 e. The van der Waals surface area contributed by atoms with E-state index in [1.54, 1.807) is 54.6 Å². The predicted molar refractivity (Wildman–Crippen MR) is 143 cm³/mol. The van der Waals surface area contributed by atoms with Crippen LogP contribution in [0.1, 0.15) is 25.0 Å². The van der Waals surface area contributed by atoms with E-state index in [9.17, 15) is 14.4 Å². The molecule has 0 aromatic heterocycles. The Hall–Kier alpha value is -4.37. The zero-order chi connectivity index (χ0) is 26.6. The molecule has 0 fully saturated rings. The van der Waals surface area contributed by atoms with Gasteiger partial charge in [0.25, 0.3) is 5.91 Å². The summed E-state index contributed by atoms with van der Waals surface area (Å²) < 4.78 is 11.0. The first kappa shape index (κ1) is 27.2. The maximum atomic E-state index is 12.3. The molecule has 3 aromatic carbocycles. The lowest BCUT2D eigenvalue weighted by Gasteiger charge is -2.10. The van der Waals surface area contributed by atoms with Crippen LogP contribution < -0.4 is 25.5 Å². The van der Waals surface area contributed by atoms with Crippen molar-refractivity contribution in [3.8, 4) is 11.5 Å². The lowest BCUT2D eigenvalue weighted by molar-refractivity contribution is -0.136. The van der Waals surface area contributed by atoms with Gasteiger partial charge in [0, 0.05) is 22.0 Å². The Morgan fingerprint density at radius 1 is 0.865 bits per heavy atom. The van der Waals surface area contributed by atoms with Gasteiger partial charge in [-0.05, 0) is 73.5 Å². The molecule has 0 aliphatic rings. The molecule has 9 nitrogen and oxygen atoms in total. The molecule has 3 N–H and O–H groups in total. The van der Waals surface area contributed by atoms with Crippen molar-refractivity contribution in [2.24, 2.45) is 5.10 Å². The number of nitrogens with zero attached hydrogens (tertiary/aromatic N) is 1. The summed E-state index contributed by atoms with van der Waals surface area (Å²) in [5.41, 5.74) is 4.76. The Kier molecular flexibility index (Phi) is 10.0. The number of nitrogens with one attached hydrogen (secondary N) is 3. The third-order valence-electron chi connectivity index (χ3n) is 4.98. The fourth-order valence-electron chi connectivity index (χ4n) is 3.12. The molecule has 0 bridgehead atoms. The van der Waals surface area contributed by atoms with Crippen molar-refractivity contribution in [2.75, 3.05) is 23.8 Å². The first-order valence-corrected chi connectivity index (χ1v) is 11.9. The minimum atomic E-state index is -0.949. The van der Waals surface area contributed by atoms with Crippen molar-refractivity contribution in [1.82, 2.24) is 5.43 Å². The van der Waals surface area contributed by atoms with Gasteiger partial charge in [0.2, 0.25) is 0 Å². The van der Waals surface area contributed by atoms with Crippen LogP contribution in [0.25, 0.3) is 0 Å². The molecule has 3 rings (SSSR count). The minimum Gasteiger partial charge on any atom is -0.494 e. The first-order chi connectivity index (χ1) is 17.9. The van der Waals surface area contributed by atoms with Gasteiger partial charge in [0.1, 0.15) is 11.5 Å². The Bertz CT molecular complexity index is 1260. The van der Waals surface area contributed by atoms with E-state index in [1.165, 1.54) is 6.21 Å². The van der Waals surface area contributed by atoms with Gasteiger partial charge >= 0.3 is 11.8 Å². The van der Waals surface area contributed by atoms with Crippen molar-refractivity contribution in [1.29, 1.82) is 0 Å². The topological polar surface area (TPSA) is 118 Å². The number of amides is 3. The third-order valence-corrected chi connectivity index (χ3v) is 5.21. The highest BCUT2D eigenvalue weighted by molar-refractivity contribution is 6.39. The summed E-state index contributed by atoms with van der Waals surface area (Å²) in [6.45, 7) is 4.19. The molecular formula is C27H27ClN4O5. The number of rotatable bonds is 10. The molecule has 192 valence electrons. The van der Waals surface area contributed by atoms with Crippen molar-refractivity contribution in [3.63, 3.8) is 0 Å². The highest BCUT2D eigenvalue weighted by Gasteiger charge is 2.13. The van der Waals surface area contributed by atoms with E-state index >= 15 is 0 Å². The number of hydrazone groups is 1. The summed E-state index contributed by atoms with van der Waals surface area (Å²) in [4.78, 5) is 36.5. The highest BCUT2D eigenvalue weighted by atomic mass is 35.5. The molecular weight excluding hydrogens is 496 g/mol. The number of aryl methyl sites for hydroxylation is 1. The van der Waals surface area contributed by atoms with Crippen LogP contribution >= 0.6 is 11.6 Å². The van der Waals surface area contributed by atoms with Crippen LogP contribution in [0.5, 0.6) is 11.5 Å². The van der Waals surface area contributed by atoms with E-state index in [0.29, 0.717) is 40.1 Å². The number of hydrogen-bond donors (Lipinski definition) is 3. The van der Waals surface area contributed by atoms with Crippen LogP contribution in [0.2, 0.25) is 5.02 Å². The van der Waals surface area contributed by atoms with Crippen LogP contribution in [-0.2, 0) is 20.8 Å². The molecule has 0 aliphatic carbocycles. The minimum absolute atomic E-state index is 0.277. The number of ether oxygens (including phenoxy) is 2. The van der Waals surface area contributed by atoms with Gasteiger partial charge in [-0.25, -0.2) is 5.43 Å². The summed E-state index contributed by atoms with van der Waals surface area (Å²) in [6.07, 6.45) is 2.14. The van der Waals surface area contributed by atoms with Crippen molar-refractivity contribution < 1.29 is 23.9 Å². The summed E-state index contributed by atoms with van der Waals surface area (Å²) in [7, 11) is 0. The van der Waals surface area contributed by atoms with E-state index in [4.69, 9.17) is 21.1 Å². The van der Waals surface area contributed by atoms with Crippen LogP contribution in [0.4, 0.5) is 11.4 Å². The lowest BCUT2D eigenvalue weighted by atomic mass is 10.1. The average Bonchev–Trinajstić information content (AvgIpc) is 2.90. The monoisotopic (exact) mass is 522 g/mol. The number of anilines is 2. The molecule has 37 heavy (non-hydrogen) atoms. The van der Waals surface area contributed by atoms with Crippen LogP contribution in [0.3, 0.4) is 0 Å². The molecule has 0 unspecified atom stereocenters. The molecule has 0 spiro atoms. The van der Waals surface area contributed by atoms with Crippen LogP contribution in [-0.4, -0.2) is 37.1 Å². The molecule has 0 radical (unpaired) electrons. The van der Waals surface area contributed by atoms with Crippen molar-refractivity contribution >= 4 is 46.9 Å². The summed E-state index contributed by atoms with van der Waals surface area (Å²) >= 11 is 6.07. The second-order valence-electron chi connectivity index (χ2n) is 7.68. The maximum Gasteiger partial charge on any atom is 0.329 e. The Balaban J connectivity index is 1.54. The Morgan fingerprint density at radius 2 is 1.54 bits per heavy atom. The molecule has 0 heterocycles. The Labute approximate surface area is 219 Å². The normalized spacial score (nSPS) is 10.6. The standard InChI is InChI=1S/C27H27ClN4O5/c1-3-18-5-8-22(9-6-18)31-26(34)27(35)32-29-16-19-15-20(28)7-14-24(19)37-17-25(33)30-21-10-12-23(13-11-21)36-4-2/h5-16H,3-4,17H2,1-2H3,(H,30,33)(H,31,34)(H,32,35)/b29-16-. The maximum absolute atomic E-state index is 12.3. The van der Waals surface area contributed by atoms with Gasteiger partial charge in [-0.15, -0.1) is 0 Å². The van der Waals surface area contributed by atoms with Crippen LogP contribution in [0, 0.1) is 0 Å². The Morgan fingerprint density at radius 3 is 2.22 bits per heavy atom. The van der Waals surface area contributed by atoms with Gasteiger partial charge in [-0.2, -0.15) is 5.10 Å². The zero-order valence-corrected chi connectivity index (χ0v) is 21.2. The molecule has 0 saturated heterocycles. The van der Waals surface area contributed by atoms with E-state index < -0.39 is 11.8 Å². The van der Waals surface area contributed by atoms with E-state index in [2.05, 4.69) is 21.2 Å². The average molecular weight is 523 g/mol. The quantitative estimate of drug-likeness (QED) is 0.207. The number of carbonyl (C=O) groups is 3. The van der Waals surface area contributed by atoms with Gasteiger partial charge in [-0.3, -0.25) is 14.4 Å². The summed E-state index contributed by atoms with van der Waals surface area (Å²) in [6, 6.07) is 18.8. The fourth-order valence-corrected chi connectivity index (χ4v) is 3.30. The fraction of sp³-hybridized carbons (Fsp3) is 0.185. The van der Waals surface area contributed by atoms with Gasteiger partial charge in [0.05, 0.1) is 12.8 Å². The van der Waals surface area contributed by atoms with Gasteiger partial charge < -0.3 is 20.1 Å². The summed E-state index contributed by atoms with van der Waals surface area (Å²) in [5.74, 6) is -1.18. The second-order valence-corrected chi connectivity index (χ2v) is 8.12. The molecule has 0 aliphatic heterocycles. The SMILES string of the molecule is CCOc1ccc(NC(=O)COc2ccc(Cl)cc2/C=N\NC(=O)C(=O)Nc2ccc(CC)cc2)cc1. The third kappa shape index (κ3) is 8.66. The van der Waals surface area contributed by atoms with Crippen molar-refractivity contribution in [3.05, 3.63) is 82.9 Å². The largest absolute Gasteiger partial charge is 0.494 e. The number of hydrogen-bond acceptors (Lipinski definition) is 6. The molecule has 10 heteroatoms. The molecule has 0 saturated carbocycles. The zero-order valence-electron chi connectivity index (χ0n) is 20.4. The van der Waals surface area contributed by atoms with E-state index in [-0.39, 0.29) is 12.5 Å². The summed E-state index contributed by atoms with van der Waals surface area (Å²) in [5, 5.41) is 9.44. The van der Waals surface area contributed by atoms with E-state index in [1.807, 2.05) is 26.0 Å². The van der Waals surface area contributed by atoms with Gasteiger partial charge in [-0.1, -0.05) is 30.7 Å². The lowest BCUT2D eigenvalue weighted by Crippen LogP contribution is -2.32. The number of carbonyl (C=O) groups excluding carboxylic acids is 3. The van der Waals surface area contributed by atoms with E-state index in [0.717, 1.165) is 12.0 Å². The number of benzene rings is 3. The first-order valence-electron chi connectivity index (χ1n) is 11.6. The second kappa shape index (κ2) is 13.6. The molecule has 0 atom stereocenters.